The maximum atomic E-state index is 11.6. The van der Waals surface area contributed by atoms with Crippen LogP contribution in [0.5, 0.6) is 0 Å². The van der Waals surface area contributed by atoms with Crippen molar-refractivity contribution in [2.45, 2.75) is 46.6 Å². The summed E-state index contributed by atoms with van der Waals surface area (Å²) < 4.78 is 67.0. The Morgan fingerprint density at radius 2 is 1.82 bits per heavy atom. The second-order valence-electron chi connectivity index (χ2n) is 7.94. The summed E-state index contributed by atoms with van der Waals surface area (Å²) >= 11 is 0. The zero-order valence-electron chi connectivity index (χ0n) is 16.8. The lowest BCUT2D eigenvalue weighted by Gasteiger charge is -2.21. The first-order chi connectivity index (χ1) is 12.6. The van der Waals surface area contributed by atoms with Crippen LogP contribution in [0.2, 0.25) is 0 Å². The van der Waals surface area contributed by atoms with Crippen molar-refractivity contribution in [1.82, 2.24) is 0 Å². The fourth-order valence-electron chi connectivity index (χ4n) is 2.19. The Morgan fingerprint density at radius 3 is 2.21 bits per heavy atom. The van der Waals surface area contributed by atoms with Crippen LogP contribution >= 0.6 is 0 Å². The molecule has 28 heavy (non-hydrogen) atoms. The van der Waals surface area contributed by atoms with Gasteiger partial charge >= 0.3 is 5.97 Å². The fourth-order valence-corrected chi connectivity index (χ4v) is 4.10. The molecule has 1 atom stereocenters. The molecule has 0 bridgehead atoms. The number of cyclic esters (lactones) is 1. The summed E-state index contributed by atoms with van der Waals surface area (Å²) in [5, 5.41) is 0. The quantitative estimate of drug-likeness (QED) is 0.221. The Morgan fingerprint density at radius 1 is 1.25 bits per heavy atom. The number of rotatable bonds is 10. The molecule has 1 heterocycles. The second-order valence-corrected chi connectivity index (χ2v) is 11.2. The van der Waals surface area contributed by atoms with Crippen molar-refractivity contribution in [2.24, 2.45) is 10.8 Å². The minimum Gasteiger partial charge on any atom is -0.463 e. The number of esters is 1. The fraction of sp³-hybridized carbons (Fsp3) is 0.875. The molecular formula is C16H30O10S2. The number of carbonyl (C=O) groups is 2. The van der Waals surface area contributed by atoms with Gasteiger partial charge in [0, 0.05) is 18.9 Å². The van der Waals surface area contributed by atoms with E-state index < -0.39 is 49.2 Å². The summed E-state index contributed by atoms with van der Waals surface area (Å²) in [6.45, 7) is 7.95. The van der Waals surface area contributed by atoms with Crippen LogP contribution in [0.1, 0.15) is 40.5 Å². The Kier molecular flexibility index (Phi) is 10.2. The average molecular weight is 447 g/mol. The second kappa shape index (κ2) is 10.6. The first-order valence-corrected chi connectivity index (χ1v) is 11.7. The van der Waals surface area contributed by atoms with E-state index in [1.807, 2.05) is 13.8 Å². The Hall–Kier alpha value is -1.08. The molecule has 1 rings (SSSR count). The third-order valence-electron chi connectivity index (χ3n) is 3.72. The lowest BCUT2D eigenvalue weighted by atomic mass is 9.90. The van der Waals surface area contributed by atoms with Gasteiger partial charge in [-0.2, -0.15) is 16.8 Å². The van der Waals surface area contributed by atoms with E-state index in [0.29, 0.717) is 13.0 Å². The van der Waals surface area contributed by atoms with Crippen molar-refractivity contribution in [2.75, 3.05) is 31.8 Å². The van der Waals surface area contributed by atoms with Crippen LogP contribution in [-0.2, 0) is 43.5 Å². The Balaban J connectivity index is 0.000000684. The minimum atomic E-state index is -4.22. The molecule has 0 aliphatic carbocycles. The molecule has 1 fully saturated rings. The summed E-state index contributed by atoms with van der Waals surface area (Å²) in [4.78, 5) is 21.4. The van der Waals surface area contributed by atoms with E-state index in [2.05, 4.69) is 0 Å². The normalized spacial score (nSPS) is 19.5. The third-order valence-corrected chi connectivity index (χ3v) is 5.80. The molecule has 10 nitrogen and oxygen atoms in total. The average Bonchev–Trinajstić information content (AvgIpc) is 2.73. The molecule has 0 radical (unpaired) electrons. The highest BCUT2D eigenvalue weighted by Crippen LogP contribution is 2.32. The van der Waals surface area contributed by atoms with E-state index in [1.165, 1.54) is 0 Å². The first kappa shape index (κ1) is 26.9. The molecule has 1 N–H and O–H groups in total. The van der Waals surface area contributed by atoms with Gasteiger partial charge in [-0.25, -0.2) is 4.79 Å². The maximum absolute atomic E-state index is 11.6. The summed E-state index contributed by atoms with van der Waals surface area (Å²) in [6, 6.07) is 0. The molecule has 0 saturated carbocycles. The van der Waals surface area contributed by atoms with E-state index in [1.54, 1.807) is 21.0 Å². The summed E-state index contributed by atoms with van der Waals surface area (Å²) in [5.74, 6) is -2.05. The van der Waals surface area contributed by atoms with E-state index in [4.69, 9.17) is 18.2 Å². The van der Waals surface area contributed by atoms with Crippen molar-refractivity contribution in [1.29, 1.82) is 0 Å². The van der Waals surface area contributed by atoms with Gasteiger partial charge in [-0.05, 0) is 11.8 Å². The van der Waals surface area contributed by atoms with Gasteiger partial charge in [0.25, 0.3) is 20.2 Å². The lowest BCUT2D eigenvalue weighted by molar-refractivity contribution is -0.143. The predicted octanol–water partition coefficient (Wildman–Crippen LogP) is 0.810. The zero-order chi connectivity index (χ0) is 22.2. The SMILES string of the molecule is CC1(C)COC(=O)C1OS(=O)(=O)CCCS(=O)(=O)O.COCC(C)(C)CC=O. The number of methoxy groups -OCH3 is 1. The molecule has 12 heteroatoms. The van der Waals surface area contributed by atoms with Gasteiger partial charge in [0.2, 0.25) is 0 Å². The predicted molar refractivity (Wildman–Crippen MR) is 101 cm³/mol. The topological polar surface area (TPSA) is 150 Å². The molecule has 0 aromatic heterocycles. The van der Waals surface area contributed by atoms with E-state index in [-0.39, 0.29) is 18.4 Å². The molecule has 1 unspecified atom stereocenters. The van der Waals surface area contributed by atoms with Crippen LogP contribution in [0.3, 0.4) is 0 Å². The van der Waals surface area contributed by atoms with Crippen molar-refractivity contribution < 1.29 is 44.6 Å². The Bertz CT molecular complexity index is 723. The standard InChI is InChI=1S/C9H16O8S2.C7H14O2/c1-9(2)6-16-8(10)7(9)17-19(14,15)5-3-4-18(11,12)13;1-7(2,4-5-8)6-9-3/h7H,3-6H2,1-2H3,(H,11,12,13);5H,4,6H2,1-3H3. The molecule has 0 aromatic rings. The molecule has 1 aliphatic rings. The van der Waals surface area contributed by atoms with Crippen molar-refractivity contribution >= 4 is 32.5 Å². The van der Waals surface area contributed by atoms with Crippen LogP contribution in [0.15, 0.2) is 0 Å². The molecule has 1 aliphatic heterocycles. The molecule has 0 spiro atoms. The first-order valence-electron chi connectivity index (χ1n) is 8.50. The number of ether oxygens (including phenoxy) is 2. The van der Waals surface area contributed by atoms with Crippen LogP contribution in [0, 0.1) is 10.8 Å². The number of aldehydes is 1. The van der Waals surface area contributed by atoms with Crippen LogP contribution in [-0.4, -0.2) is 71.6 Å². The molecule has 0 amide bonds. The van der Waals surface area contributed by atoms with Crippen LogP contribution in [0.4, 0.5) is 0 Å². The lowest BCUT2D eigenvalue weighted by Crippen LogP contribution is -2.35. The highest BCUT2D eigenvalue weighted by Gasteiger charge is 2.47. The number of carbonyl (C=O) groups excluding carboxylic acids is 2. The molecular weight excluding hydrogens is 416 g/mol. The number of hydrogen-bond donors (Lipinski definition) is 1. The maximum Gasteiger partial charge on any atom is 0.337 e. The smallest absolute Gasteiger partial charge is 0.337 e. The van der Waals surface area contributed by atoms with Gasteiger partial charge in [-0.1, -0.05) is 27.7 Å². The highest BCUT2D eigenvalue weighted by atomic mass is 32.2. The van der Waals surface area contributed by atoms with Gasteiger partial charge in [0.15, 0.2) is 6.10 Å². The minimum absolute atomic E-state index is 0.0104. The van der Waals surface area contributed by atoms with Gasteiger partial charge in [0.05, 0.1) is 24.7 Å². The van der Waals surface area contributed by atoms with Crippen molar-refractivity contribution in [3.8, 4) is 0 Å². The van der Waals surface area contributed by atoms with Gasteiger partial charge in [0.1, 0.15) is 6.29 Å². The van der Waals surface area contributed by atoms with Crippen molar-refractivity contribution in [3.63, 3.8) is 0 Å². The third kappa shape index (κ3) is 11.1. The van der Waals surface area contributed by atoms with Gasteiger partial charge < -0.3 is 14.3 Å². The molecule has 0 aromatic carbocycles. The van der Waals surface area contributed by atoms with E-state index in [9.17, 15) is 26.4 Å². The van der Waals surface area contributed by atoms with E-state index >= 15 is 0 Å². The summed E-state index contributed by atoms with van der Waals surface area (Å²) in [5.41, 5.74) is -0.760. The molecule has 1 saturated heterocycles. The Labute approximate surface area is 166 Å². The van der Waals surface area contributed by atoms with Crippen LogP contribution in [0.25, 0.3) is 0 Å². The number of hydrogen-bond acceptors (Lipinski definition) is 9. The van der Waals surface area contributed by atoms with Crippen LogP contribution < -0.4 is 0 Å². The monoisotopic (exact) mass is 446 g/mol. The summed E-state index contributed by atoms with van der Waals surface area (Å²) in [7, 11) is -6.64. The largest absolute Gasteiger partial charge is 0.463 e. The van der Waals surface area contributed by atoms with Gasteiger partial charge in [-0.3, -0.25) is 8.74 Å². The van der Waals surface area contributed by atoms with Crippen molar-refractivity contribution in [3.05, 3.63) is 0 Å². The zero-order valence-corrected chi connectivity index (χ0v) is 18.5. The highest BCUT2D eigenvalue weighted by molar-refractivity contribution is 7.87. The van der Waals surface area contributed by atoms with Gasteiger partial charge in [-0.15, -0.1) is 0 Å². The van der Waals surface area contributed by atoms with E-state index in [0.717, 1.165) is 6.29 Å². The molecule has 166 valence electrons. The summed E-state index contributed by atoms with van der Waals surface area (Å²) in [6.07, 6.45) is -0.0494.